The Hall–Kier alpha value is -2.74. The molecule has 0 saturated heterocycles. The molecule has 0 unspecified atom stereocenters. The number of furan rings is 1. The molecule has 1 aromatic heterocycles. The van der Waals surface area contributed by atoms with E-state index in [-0.39, 0.29) is 32.5 Å². The molecule has 1 N–H and O–H groups in total. The van der Waals surface area contributed by atoms with Crippen LogP contribution in [0.15, 0.2) is 51.6 Å². The minimum absolute atomic E-state index is 0.0746. The number of hydrogen-bond donors (Lipinski definition) is 1. The zero-order valence-electron chi connectivity index (χ0n) is 14.7. The Labute approximate surface area is 166 Å². The second-order valence-electron chi connectivity index (χ2n) is 6.00. The van der Waals surface area contributed by atoms with Crippen LogP contribution >= 0.6 is 15.9 Å². The van der Waals surface area contributed by atoms with Gasteiger partial charge in [-0.3, -0.25) is 0 Å². The predicted molar refractivity (Wildman–Crippen MR) is 102 cm³/mol. The van der Waals surface area contributed by atoms with Crippen molar-refractivity contribution in [2.45, 2.75) is 13.1 Å². The van der Waals surface area contributed by atoms with Crippen molar-refractivity contribution >= 4 is 38.4 Å². The number of rotatable bonds is 4. The molecule has 28 heavy (non-hydrogen) atoms. The Bertz CT molecular complexity index is 1100. The second-order valence-corrected chi connectivity index (χ2v) is 6.86. The summed E-state index contributed by atoms with van der Waals surface area (Å²) in [6.45, 7) is 1.71. The number of carbonyl (C=O) groups is 1. The van der Waals surface area contributed by atoms with Crippen molar-refractivity contribution in [1.82, 2.24) is 0 Å². The first kappa shape index (κ1) is 20.0. The molecule has 3 aromatic rings. The van der Waals surface area contributed by atoms with Gasteiger partial charge < -0.3 is 14.3 Å². The molecule has 0 amide bonds. The number of ether oxygens (including phenoxy) is 1. The molecule has 0 bridgehead atoms. The molecule has 0 spiro atoms. The molecule has 0 aliphatic heterocycles. The molecule has 0 aliphatic carbocycles. The zero-order chi connectivity index (χ0) is 20.6. The van der Waals surface area contributed by atoms with Gasteiger partial charge in [-0.25, -0.2) is 4.79 Å². The summed E-state index contributed by atoms with van der Waals surface area (Å²) < 4.78 is 50.4. The van der Waals surface area contributed by atoms with Gasteiger partial charge in [0.15, 0.2) is 0 Å². The molecule has 0 saturated carbocycles. The number of halogens is 4. The largest absolute Gasteiger partial charge is 0.503 e. The van der Waals surface area contributed by atoms with E-state index >= 15 is 0 Å². The lowest BCUT2D eigenvalue weighted by Crippen LogP contribution is -2.06. The highest BCUT2D eigenvalue weighted by Crippen LogP contribution is 2.41. The van der Waals surface area contributed by atoms with Gasteiger partial charge in [-0.2, -0.15) is 13.2 Å². The fraction of sp³-hybridized carbons (Fsp3) is 0.150. The van der Waals surface area contributed by atoms with Crippen LogP contribution in [-0.2, 0) is 15.7 Å². The number of hydrogen-bond acceptors (Lipinski definition) is 3. The summed E-state index contributed by atoms with van der Waals surface area (Å²) in [6, 6.07) is 8.73. The highest BCUT2D eigenvalue weighted by atomic mass is 79.9. The Balaban J connectivity index is 2.26. The first-order valence-corrected chi connectivity index (χ1v) is 8.80. The van der Waals surface area contributed by atoms with E-state index in [1.807, 2.05) is 0 Å². The van der Waals surface area contributed by atoms with E-state index in [1.165, 1.54) is 19.2 Å². The van der Waals surface area contributed by atoms with Gasteiger partial charge in [0.05, 0.1) is 18.9 Å². The highest BCUT2D eigenvalue weighted by molar-refractivity contribution is 9.10. The maximum atomic E-state index is 13.2. The molecule has 146 valence electrons. The van der Waals surface area contributed by atoms with Crippen molar-refractivity contribution in [2.24, 2.45) is 0 Å². The summed E-state index contributed by atoms with van der Waals surface area (Å²) in [5, 5.41) is 10.1. The maximum absolute atomic E-state index is 13.2. The van der Waals surface area contributed by atoms with E-state index in [9.17, 15) is 23.1 Å². The van der Waals surface area contributed by atoms with Gasteiger partial charge in [0.25, 0.3) is 0 Å². The van der Waals surface area contributed by atoms with Crippen molar-refractivity contribution in [1.29, 1.82) is 0 Å². The first-order valence-electron chi connectivity index (χ1n) is 8.01. The molecule has 4 nitrogen and oxygen atoms in total. The van der Waals surface area contributed by atoms with Crippen LogP contribution in [0.3, 0.4) is 0 Å². The Kier molecular flexibility index (Phi) is 5.25. The quantitative estimate of drug-likeness (QED) is 0.373. The number of aryl methyl sites for hydroxylation is 1. The summed E-state index contributed by atoms with van der Waals surface area (Å²) in [6.07, 6.45) is -3.45. The Morgan fingerprint density at radius 2 is 1.96 bits per heavy atom. The highest BCUT2D eigenvalue weighted by Gasteiger charge is 2.33. The maximum Gasteiger partial charge on any atom is 0.417 e. The van der Waals surface area contributed by atoms with E-state index in [4.69, 9.17) is 9.15 Å². The van der Waals surface area contributed by atoms with Gasteiger partial charge in [0.1, 0.15) is 16.9 Å². The topological polar surface area (TPSA) is 59.7 Å². The van der Waals surface area contributed by atoms with Gasteiger partial charge in [0, 0.05) is 26.5 Å². The van der Waals surface area contributed by atoms with Gasteiger partial charge in [-0.1, -0.05) is 40.2 Å². The minimum atomic E-state index is -4.53. The fourth-order valence-corrected chi connectivity index (χ4v) is 3.43. The summed E-state index contributed by atoms with van der Waals surface area (Å²) in [4.78, 5) is 11.6. The zero-order valence-corrected chi connectivity index (χ0v) is 16.3. The SMILES string of the molecule is COC=C(C(=O)O)c1cccc2c(C)c(-c3ccc(Br)c(C(F)(F)F)c3)oc12. The summed E-state index contributed by atoms with van der Waals surface area (Å²) in [5.74, 6) is -0.976. The molecule has 2 aromatic carbocycles. The third kappa shape index (κ3) is 3.52. The smallest absolute Gasteiger partial charge is 0.417 e. The van der Waals surface area contributed by atoms with Crippen molar-refractivity contribution < 1.29 is 32.2 Å². The van der Waals surface area contributed by atoms with Gasteiger partial charge >= 0.3 is 12.1 Å². The van der Waals surface area contributed by atoms with Crippen molar-refractivity contribution in [3.63, 3.8) is 0 Å². The van der Waals surface area contributed by atoms with Crippen LogP contribution in [0.25, 0.3) is 27.9 Å². The number of carboxylic acids is 1. The summed E-state index contributed by atoms with van der Waals surface area (Å²) in [5.41, 5.74) is 0.430. The summed E-state index contributed by atoms with van der Waals surface area (Å²) in [7, 11) is 1.32. The molecule has 1 heterocycles. The number of benzene rings is 2. The normalized spacial score (nSPS) is 12.4. The number of para-hydroxylation sites is 1. The van der Waals surface area contributed by atoms with Crippen LogP contribution in [0.5, 0.6) is 0 Å². The van der Waals surface area contributed by atoms with Crippen LogP contribution in [0.4, 0.5) is 13.2 Å². The van der Waals surface area contributed by atoms with E-state index in [0.29, 0.717) is 10.9 Å². The van der Waals surface area contributed by atoms with Crippen molar-refractivity contribution in [3.05, 3.63) is 63.8 Å². The number of carboxylic acid groups (broad SMARTS) is 1. The molecule has 3 rings (SSSR count). The molecule has 8 heteroatoms. The molecule has 0 aliphatic rings. The van der Waals surface area contributed by atoms with Gasteiger partial charge in [-0.05, 0) is 19.1 Å². The van der Waals surface area contributed by atoms with E-state index in [0.717, 1.165) is 12.3 Å². The van der Waals surface area contributed by atoms with Crippen LogP contribution in [0.2, 0.25) is 0 Å². The average Bonchev–Trinajstić information content (AvgIpc) is 2.96. The molecular weight excluding hydrogens is 441 g/mol. The van der Waals surface area contributed by atoms with Gasteiger partial charge in [0.2, 0.25) is 0 Å². The molecular formula is C20H14BrF3O4. The minimum Gasteiger partial charge on any atom is -0.503 e. The van der Waals surface area contributed by atoms with E-state index in [2.05, 4.69) is 15.9 Å². The van der Waals surface area contributed by atoms with Crippen LogP contribution < -0.4 is 0 Å². The number of aliphatic carboxylic acids is 1. The van der Waals surface area contributed by atoms with E-state index < -0.39 is 17.7 Å². The van der Waals surface area contributed by atoms with Crippen LogP contribution in [0, 0.1) is 6.92 Å². The first-order chi connectivity index (χ1) is 13.1. The molecule has 0 atom stereocenters. The van der Waals surface area contributed by atoms with Crippen LogP contribution in [-0.4, -0.2) is 18.2 Å². The third-order valence-electron chi connectivity index (χ3n) is 4.25. The lowest BCUT2D eigenvalue weighted by molar-refractivity contribution is -0.138. The fourth-order valence-electron chi connectivity index (χ4n) is 2.96. The van der Waals surface area contributed by atoms with E-state index in [1.54, 1.807) is 25.1 Å². The average molecular weight is 455 g/mol. The molecule has 0 fully saturated rings. The lowest BCUT2D eigenvalue weighted by atomic mass is 10.0. The van der Waals surface area contributed by atoms with Gasteiger partial charge in [-0.15, -0.1) is 0 Å². The number of alkyl halides is 3. The number of methoxy groups -OCH3 is 1. The monoisotopic (exact) mass is 454 g/mol. The second kappa shape index (κ2) is 7.35. The van der Waals surface area contributed by atoms with Crippen molar-refractivity contribution in [3.8, 4) is 11.3 Å². The third-order valence-corrected chi connectivity index (χ3v) is 4.95. The summed E-state index contributed by atoms with van der Waals surface area (Å²) >= 11 is 2.92. The lowest BCUT2D eigenvalue weighted by Gasteiger charge is -2.10. The standard InChI is InChI=1S/C20H14BrF3O4/c1-10-12-4-3-5-13(14(9-27-2)19(25)26)18(12)28-17(10)11-6-7-16(21)15(8-11)20(22,23)24/h3-9H,1-2H3,(H,25,26). The Morgan fingerprint density at radius 1 is 1.25 bits per heavy atom. The number of fused-ring (bicyclic) bond motifs is 1. The van der Waals surface area contributed by atoms with Crippen molar-refractivity contribution in [2.75, 3.05) is 7.11 Å². The Morgan fingerprint density at radius 3 is 2.57 bits per heavy atom. The predicted octanol–water partition coefficient (Wildman–Crippen LogP) is 6.26. The van der Waals surface area contributed by atoms with Crippen LogP contribution in [0.1, 0.15) is 16.7 Å². The molecule has 0 radical (unpaired) electrons.